The minimum absolute atomic E-state index is 0.384. The molecule has 0 aromatic carbocycles. The Morgan fingerprint density at radius 1 is 1.35 bits per heavy atom. The van der Waals surface area contributed by atoms with Gasteiger partial charge in [0, 0.05) is 22.2 Å². The third-order valence-electron chi connectivity index (χ3n) is 2.41. The molecule has 2 rings (SSSR count). The number of hydrogen-bond donors (Lipinski definition) is 1. The fourth-order valence-corrected chi connectivity index (χ4v) is 3.05. The number of hydrogen-bond acceptors (Lipinski definition) is 3. The number of thiophene rings is 1. The lowest BCUT2D eigenvalue weighted by Gasteiger charge is -2.13. The fourth-order valence-electron chi connectivity index (χ4n) is 1.69. The normalized spacial score (nSPS) is 12.4. The molecule has 0 radical (unpaired) electrons. The molecule has 4 heteroatoms. The molecule has 1 atom stereocenters. The van der Waals surface area contributed by atoms with Gasteiger partial charge in [0.2, 0.25) is 0 Å². The monoisotopic (exact) mass is 310 g/mol. The van der Waals surface area contributed by atoms with Crippen molar-refractivity contribution in [2.45, 2.75) is 26.3 Å². The van der Waals surface area contributed by atoms with Gasteiger partial charge in [0.05, 0.1) is 0 Å². The molecule has 0 aliphatic rings. The van der Waals surface area contributed by atoms with E-state index in [0.717, 1.165) is 16.8 Å². The third-order valence-corrected chi connectivity index (χ3v) is 3.88. The zero-order valence-electron chi connectivity index (χ0n) is 9.90. The molecule has 90 valence electrons. The van der Waals surface area contributed by atoms with Gasteiger partial charge >= 0.3 is 0 Å². The second-order valence-corrected chi connectivity index (χ2v) is 6.29. The number of nitrogens with one attached hydrogen (secondary N) is 1. The Morgan fingerprint density at radius 2 is 2.18 bits per heavy atom. The highest BCUT2D eigenvalue weighted by Gasteiger charge is 2.06. The van der Waals surface area contributed by atoms with Crippen LogP contribution in [0.4, 0.5) is 5.82 Å². The summed E-state index contributed by atoms with van der Waals surface area (Å²) in [6, 6.07) is 10.7. The predicted molar refractivity (Wildman–Crippen MR) is 77.8 cm³/mol. The van der Waals surface area contributed by atoms with E-state index in [1.165, 1.54) is 9.75 Å². The van der Waals surface area contributed by atoms with Gasteiger partial charge in [-0.3, -0.25) is 0 Å². The molecule has 0 fully saturated rings. The molecule has 0 spiro atoms. The highest BCUT2D eigenvalue weighted by Crippen LogP contribution is 2.18. The first-order valence-electron chi connectivity index (χ1n) is 5.58. The molecule has 0 aliphatic heterocycles. The minimum atomic E-state index is 0.384. The Balaban J connectivity index is 1.95. The smallest absolute Gasteiger partial charge is 0.127 e. The summed E-state index contributed by atoms with van der Waals surface area (Å²) < 4.78 is 0.863. The van der Waals surface area contributed by atoms with Gasteiger partial charge in [0.15, 0.2) is 0 Å². The number of halogens is 1. The van der Waals surface area contributed by atoms with Gasteiger partial charge in [-0.15, -0.1) is 11.3 Å². The number of aromatic nitrogens is 1. The number of aryl methyl sites for hydroxylation is 1. The number of anilines is 1. The van der Waals surface area contributed by atoms with E-state index in [-0.39, 0.29) is 0 Å². The van der Waals surface area contributed by atoms with Crippen LogP contribution in [0.5, 0.6) is 0 Å². The average Bonchev–Trinajstić information content (AvgIpc) is 2.63. The van der Waals surface area contributed by atoms with Crippen molar-refractivity contribution in [1.82, 2.24) is 4.98 Å². The molecule has 0 bridgehead atoms. The Kier molecular flexibility index (Phi) is 4.18. The molecule has 0 amide bonds. The molecule has 0 saturated heterocycles. The molecule has 1 unspecified atom stereocenters. The maximum atomic E-state index is 4.37. The van der Waals surface area contributed by atoms with Crippen molar-refractivity contribution in [3.8, 4) is 0 Å². The van der Waals surface area contributed by atoms with Gasteiger partial charge in [-0.05, 0) is 54.0 Å². The number of rotatable bonds is 4. The second kappa shape index (κ2) is 5.65. The predicted octanol–water partition coefficient (Wildman–Crippen LogP) is 4.26. The Labute approximate surface area is 114 Å². The van der Waals surface area contributed by atoms with Crippen LogP contribution in [0.15, 0.2) is 34.9 Å². The first-order valence-corrected chi connectivity index (χ1v) is 7.19. The first-order chi connectivity index (χ1) is 8.13. The van der Waals surface area contributed by atoms with Crippen molar-refractivity contribution in [2.24, 2.45) is 0 Å². The van der Waals surface area contributed by atoms with Crippen LogP contribution in [-0.2, 0) is 6.42 Å². The van der Waals surface area contributed by atoms with Crippen LogP contribution in [0.3, 0.4) is 0 Å². The average molecular weight is 311 g/mol. The molecular weight excluding hydrogens is 296 g/mol. The standard InChI is InChI=1S/C13H15BrN2S/c1-9(8-11-7-6-10(2)17-11)15-13-5-3-4-12(14)16-13/h3-7,9H,8H2,1-2H3,(H,15,16). The zero-order chi connectivity index (χ0) is 12.3. The van der Waals surface area contributed by atoms with E-state index in [1.54, 1.807) is 0 Å². The van der Waals surface area contributed by atoms with Gasteiger partial charge in [-0.25, -0.2) is 4.98 Å². The summed E-state index contributed by atoms with van der Waals surface area (Å²) in [7, 11) is 0. The SMILES string of the molecule is Cc1ccc(CC(C)Nc2cccc(Br)n2)s1. The minimum Gasteiger partial charge on any atom is -0.367 e. The van der Waals surface area contributed by atoms with Crippen LogP contribution in [0.1, 0.15) is 16.7 Å². The third kappa shape index (κ3) is 3.82. The van der Waals surface area contributed by atoms with Gasteiger partial charge in [-0.2, -0.15) is 0 Å². The van der Waals surface area contributed by atoms with Crippen molar-refractivity contribution in [3.05, 3.63) is 44.7 Å². The summed E-state index contributed by atoms with van der Waals surface area (Å²) in [5.74, 6) is 0.917. The van der Waals surface area contributed by atoms with E-state index in [2.05, 4.69) is 52.2 Å². The molecular formula is C13H15BrN2S. The number of nitrogens with zero attached hydrogens (tertiary/aromatic N) is 1. The molecule has 1 N–H and O–H groups in total. The Hall–Kier alpha value is -0.870. The van der Waals surface area contributed by atoms with Gasteiger partial charge in [-0.1, -0.05) is 6.07 Å². The lowest BCUT2D eigenvalue weighted by Crippen LogP contribution is -2.18. The van der Waals surface area contributed by atoms with Crippen LogP contribution in [0.25, 0.3) is 0 Å². The van der Waals surface area contributed by atoms with Crippen molar-refractivity contribution in [2.75, 3.05) is 5.32 Å². The maximum Gasteiger partial charge on any atom is 0.127 e. The lowest BCUT2D eigenvalue weighted by molar-refractivity contribution is 0.794. The zero-order valence-corrected chi connectivity index (χ0v) is 12.3. The summed E-state index contributed by atoms with van der Waals surface area (Å²) in [6.45, 7) is 4.32. The van der Waals surface area contributed by atoms with Crippen molar-refractivity contribution >= 4 is 33.1 Å². The molecule has 2 aromatic rings. The first kappa shape index (κ1) is 12.6. The lowest BCUT2D eigenvalue weighted by atomic mass is 10.2. The van der Waals surface area contributed by atoms with Gasteiger partial charge < -0.3 is 5.32 Å². The number of pyridine rings is 1. The molecule has 2 heterocycles. The highest BCUT2D eigenvalue weighted by molar-refractivity contribution is 9.10. The largest absolute Gasteiger partial charge is 0.367 e. The van der Waals surface area contributed by atoms with Crippen molar-refractivity contribution in [3.63, 3.8) is 0 Å². The summed E-state index contributed by atoms with van der Waals surface area (Å²) >= 11 is 5.23. The van der Waals surface area contributed by atoms with Crippen LogP contribution in [-0.4, -0.2) is 11.0 Å². The van der Waals surface area contributed by atoms with Crippen LogP contribution >= 0.6 is 27.3 Å². The Morgan fingerprint density at radius 3 is 2.82 bits per heavy atom. The van der Waals surface area contributed by atoms with Gasteiger partial charge in [0.25, 0.3) is 0 Å². The maximum absolute atomic E-state index is 4.37. The van der Waals surface area contributed by atoms with E-state index in [0.29, 0.717) is 6.04 Å². The highest BCUT2D eigenvalue weighted by atomic mass is 79.9. The fraction of sp³-hybridized carbons (Fsp3) is 0.308. The van der Waals surface area contributed by atoms with E-state index in [4.69, 9.17) is 0 Å². The molecule has 0 aliphatic carbocycles. The van der Waals surface area contributed by atoms with E-state index in [9.17, 15) is 0 Å². The molecule has 2 aromatic heterocycles. The van der Waals surface area contributed by atoms with E-state index >= 15 is 0 Å². The van der Waals surface area contributed by atoms with Crippen molar-refractivity contribution < 1.29 is 0 Å². The molecule has 2 nitrogen and oxygen atoms in total. The van der Waals surface area contributed by atoms with Gasteiger partial charge in [0.1, 0.15) is 10.4 Å². The molecule has 0 saturated carbocycles. The summed E-state index contributed by atoms with van der Waals surface area (Å²) in [5, 5.41) is 3.41. The van der Waals surface area contributed by atoms with E-state index in [1.807, 2.05) is 29.5 Å². The van der Waals surface area contributed by atoms with Crippen LogP contribution < -0.4 is 5.32 Å². The van der Waals surface area contributed by atoms with E-state index < -0.39 is 0 Å². The van der Waals surface area contributed by atoms with Crippen molar-refractivity contribution in [1.29, 1.82) is 0 Å². The molecule has 17 heavy (non-hydrogen) atoms. The second-order valence-electron chi connectivity index (χ2n) is 4.11. The van der Waals surface area contributed by atoms with Crippen LogP contribution in [0.2, 0.25) is 0 Å². The quantitative estimate of drug-likeness (QED) is 0.854. The topological polar surface area (TPSA) is 24.9 Å². The summed E-state index contributed by atoms with van der Waals surface area (Å²) in [5.41, 5.74) is 0. The van der Waals surface area contributed by atoms with Crippen LogP contribution in [0, 0.1) is 6.92 Å². The summed E-state index contributed by atoms with van der Waals surface area (Å²) in [6.07, 6.45) is 1.03. The summed E-state index contributed by atoms with van der Waals surface area (Å²) in [4.78, 5) is 7.15. The Bertz CT molecular complexity index is 496.